The molecule has 0 aliphatic heterocycles. The van der Waals surface area contributed by atoms with Crippen molar-refractivity contribution in [2.24, 2.45) is 11.3 Å². The minimum absolute atomic E-state index is 0.0375. The third kappa shape index (κ3) is 5.66. The summed E-state index contributed by atoms with van der Waals surface area (Å²) >= 11 is 0. The normalized spacial score (nSPS) is 24.0. The number of nitro benzene ring substituents is 1. The smallest absolute Gasteiger partial charge is 0.405 e. The number of anilines is 1. The molecule has 0 amide bonds. The lowest BCUT2D eigenvalue weighted by atomic mass is 9.49. The molecule has 5 rings (SSSR count). The van der Waals surface area contributed by atoms with E-state index in [9.17, 15) is 23.3 Å². The quantitative estimate of drug-likeness (QED) is 0.229. The Morgan fingerprint density at radius 1 is 1.07 bits per heavy atom. The molecule has 0 bridgehead atoms. The lowest BCUT2D eigenvalue weighted by Crippen LogP contribution is -2.51. The number of nitrogens with one attached hydrogen (secondary N) is 1. The minimum Gasteiger partial charge on any atom is -0.405 e. The largest absolute Gasteiger partial charge is 0.573 e. The lowest BCUT2D eigenvalue weighted by Gasteiger charge is -2.55. The van der Waals surface area contributed by atoms with Gasteiger partial charge in [-0.25, -0.2) is 0 Å². The molecular formula is C33H37F3N2O3. The average Bonchev–Trinajstić information content (AvgIpc) is 2.91. The predicted molar refractivity (Wildman–Crippen MR) is 155 cm³/mol. The van der Waals surface area contributed by atoms with Crippen LogP contribution >= 0.6 is 0 Å². The van der Waals surface area contributed by atoms with Crippen LogP contribution in [-0.4, -0.2) is 17.8 Å². The van der Waals surface area contributed by atoms with Crippen LogP contribution in [0.4, 0.5) is 24.5 Å². The number of aryl methyl sites for hydroxylation is 1. The van der Waals surface area contributed by atoms with Crippen molar-refractivity contribution in [3.05, 3.63) is 87.5 Å². The highest BCUT2D eigenvalue weighted by atomic mass is 19.4. The summed E-state index contributed by atoms with van der Waals surface area (Å²) < 4.78 is 43.1. The highest BCUT2D eigenvalue weighted by Crippen LogP contribution is 2.57. The summed E-state index contributed by atoms with van der Waals surface area (Å²) in [7, 11) is 0. The van der Waals surface area contributed by atoms with Gasteiger partial charge in [-0.15, -0.1) is 13.2 Å². The number of rotatable bonds is 7. The van der Waals surface area contributed by atoms with Crippen LogP contribution in [0.3, 0.4) is 0 Å². The van der Waals surface area contributed by atoms with Crippen LogP contribution < -0.4 is 10.1 Å². The van der Waals surface area contributed by atoms with E-state index < -0.39 is 17.0 Å². The molecule has 3 aromatic carbocycles. The van der Waals surface area contributed by atoms with E-state index in [1.165, 1.54) is 41.0 Å². The Morgan fingerprint density at radius 3 is 2.54 bits per heavy atom. The molecule has 0 unspecified atom stereocenters. The highest BCUT2D eigenvalue weighted by molar-refractivity contribution is 5.77. The van der Waals surface area contributed by atoms with Gasteiger partial charge in [0.1, 0.15) is 11.4 Å². The molecule has 218 valence electrons. The summed E-state index contributed by atoms with van der Waals surface area (Å²) in [5.41, 5.74) is 4.82. The van der Waals surface area contributed by atoms with Crippen LogP contribution in [0.2, 0.25) is 0 Å². The van der Waals surface area contributed by atoms with E-state index in [1.54, 1.807) is 18.2 Å². The Bertz CT molecular complexity index is 1450. The molecule has 1 saturated carbocycles. The first-order chi connectivity index (χ1) is 19.3. The van der Waals surface area contributed by atoms with Crippen LogP contribution in [-0.2, 0) is 11.8 Å². The molecule has 3 atom stereocenters. The zero-order valence-corrected chi connectivity index (χ0v) is 24.0. The van der Waals surface area contributed by atoms with Gasteiger partial charge in [0.2, 0.25) is 0 Å². The Labute approximate surface area is 239 Å². The van der Waals surface area contributed by atoms with Gasteiger partial charge in [0.05, 0.1) is 4.92 Å². The van der Waals surface area contributed by atoms with Crippen molar-refractivity contribution in [3.8, 4) is 16.9 Å². The van der Waals surface area contributed by atoms with E-state index in [-0.39, 0.29) is 27.6 Å². The molecule has 1 fully saturated rings. The summed E-state index contributed by atoms with van der Waals surface area (Å²) in [5, 5.41) is 15.5. The van der Waals surface area contributed by atoms with Crippen molar-refractivity contribution in [2.45, 2.75) is 77.5 Å². The minimum atomic E-state index is -4.87. The Balaban J connectivity index is 1.41. The highest BCUT2D eigenvalue weighted by Gasteiger charge is 2.51. The number of nitro groups is 1. The van der Waals surface area contributed by atoms with Crippen molar-refractivity contribution in [1.29, 1.82) is 0 Å². The first kappa shape index (κ1) is 29.0. The van der Waals surface area contributed by atoms with E-state index in [0.717, 1.165) is 32.1 Å². The molecule has 2 aliphatic rings. The van der Waals surface area contributed by atoms with E-state index >= 15 is 0 Å². The standard InChI is InChI=1S/C33H37F3N2O3/c1-21(2)22-10-13-26-24(18-22)12-15-30-31(3,16-7-17-32(26,30)4)20-37-27-14-11-23(19-28(27)38(39)40)25-8-5-6-9-29(25)41-33(34,35)36/h5-6,8-11,13-14,18-19,21,30,37H,7,12,15-17,20H2,1-4H3/t30-,31+,32+/m0/s1. The molecule has 0 radical (unpaired) electrons. The van der Waals surface area contributed by atoms with Gasteiger partial charge in [0, 0.05) is 18.2 Å². The summed E-state index contributed by atoms with van der Waals surface area (Å²) in [6.07, 6.45) is 0.445. The number of para-hydroxylation sites is 1. The summed E-state index contributed by atoms with van der Waals surface area (Å²) in [5.74, 6) is 0.500. The summed E-state index contributed by atoms with van der Waals surface area (Å²) in [6, 6.07) is 17.2. The van der Waals surface area contributed by atoms with Crippen molar-refractivity contribution in [1.82, 2.24) is 0 Å². The number of ether oxygens (including phenoxy) is 1. The number of hydrogen-bond acceptors (Lipinski definition) is 4. The van der Waals surface area contributed by atoms with Crippen LogP contribution in [0.25, 0.3) is 11.1 Å². The fourth-order valence-electron chi connectivity index (χ4n) is 7.43. The van der Waals surface area contributed by atoms with Crippen LogP contribution in [0, 0.1) is 21.4 Å². The SMILES string of the molecule is CC(C)c1ccc2c(c1)CC[C@H]1[C@@](C)(CNc3ccc(-c4ccccc4OC(F)(F)F)cc3[N+](=O)[O-])CCC[C@]21C. The molecule has 1 N–H and O–H groups in total. The third-order valence-electron chi connectivity index (χ3n) is 9.47. The van der Waals surface area contributed by atoms with Gasteiger partial charge >= 0.3 is 6.36 Å². The number of hydrogen-bond donors (Lipinski definition) is 1. The van der Waals surface area contributed by atoms with E-state index in [4.69, 9.17) is 0 Å². The lowest BCUT2D eigenvalue weighted by molar-refractivity contribution is -0.383. The molecule has 0 aromatic heterocycles. The van der Waals surface area contributed by atoms with Crippen LogP contribution in [0.1, 0.15) is 76.0 Å². The Kier molecular flexibility index (Phi) is 7.55. The molecular weight excluding hydrogens is 529 g/mol. The number of benzene rings is 3. The van der Waals surface area contributed by atoms with Gasteiger partial charge in [0.25, 0.3) is 5.69 Å². The first-order valence-corrected chi connectivity index (χ1v) is 14.3. The fourth-order valence-corrected chi connectivity index (χ4v) is 7.43. The summed E-state index contributed by atoms with van der Waals surface area (Å²) in [4.78, 5) is 11.6. The maximum atomic E-state index is 13.0. The van der Waals surface area contributed by atoms with Gasteiger partial charge < -0.3 is 10.1 Å². The molecule has 5 nitrogen and oxygen atoms in total. The number of alkyl halides is 3. The molecule has 0 heterocycles. The monoisotopic (exact) mass is 566 g/mol. The number of fused-ring (bicyclic) bond motifs is 3. The number of halogens is 3. The van der Waals surface area contributed by atoms with E-state index in [0.29, 0.717) is 24.1 Å². The van der Waals surface area contributed by atoms with Gasteiger partial charge in [-0.05, 0) is 82.7 Å². The maximum absolute atomic E-state index is 13.0. The molecule has 2 aliphatic carbocycles. The zero-order chi connectivity index (χ0) is 29.6. The zero-order valence-electron chi connectivity index (χ0n) is 24.0. The van der Waals surface area contributed by atoms with Gasteiger partial charge in [-0.3, -0.25) is 10.1 Å². The van der Waals surface area contributed by atoms with E-state index in [2.05, 4.69) is 55.9 Å². The Morgan fingerprint density at radius 2 is 1.83 bits per heavy atom. The second-order valence-corrected chi connectivity index (χ2v) is 12.5. The van der Waals surface area contributed by atoms with Crippen LogP contribution in [0.5, 0.6) is 5.75 Å². The van der Waals surface area contributed by atoms with Crippen molar-refractivity contribution >= 4 is 11.4 Å². The second kappa shape index (κ2) is 10.7. The fraction of sp³-hybridized carbons (Fsp3) is 0.455. The first-order valence-electron chi connectivity index (χ1n) is 14.3. The predicted octanol–water partition coefficient (Wildman–Crippen LogP) is 9.41. The van der Waals surface area contributed by atoms with Crippen LogP contribution in [0.15, 0.2) is 60.7 Å². The molecule has 0 saturated heterocycles. The van der Waals surface area contributed by atoms with Crippen molar-refractivity contribution in [3.63, 3.8) is 0 Å². The number of nitrogens with zero attached hydrogens (tertiary/aromatic N) is 1. The van der Waals surface area contributed by atoms with E-state index in [1.807, 2.05) is 0 Å². The molecule has 3 aromatic rings. The van der Waals surface area contributed by atoms with Crippen molar-refractivity contribution < 1.29 is 22.8 Å². The molecule has 0 spiro atoms. The summed E-state index contributed by atoms with van der Waals surface area (Å²) in [6.45, 7) is 9.69. The third-order valence-corrected chi connectivity index (χ3v) is 9.47. The van der Waals surface area contributed by atoms with Crippen molar-refractivity contribution in [2.75, 3.05) is 11.9 Å². The molecule has 8 heteroatoms. The van der Waals surface area contributed by atoms with Gasteiger partial charge in [-0.2, -0.15) is 0 Å². The molecule has 41 heavy (non-hydrogen) atoms. The van der Waals surface area contributed by atoms with Gasteiger partial charge in [-0.1, -0.05) is 76.6 Å². The Hall–Kier alpha value is -3.55. The average molecular weight is 567 g/mol. The second-order valence-electron chi connectivity index (χ2n) is 12.5. The topological polar surface area (TPSA) is 64.4 Å². The van der Waals surface area contributed by atoms with Gasteiger partial charge in [0.15, 0.2) is 0 Å². The maximum Gasteiger partial charge on any atom is 0.573 e.